The highest BCUT2D eigenvalue weighted by molar-refractivity contribution is 9.10. The SMILES string of the molecule is CCN(CC)C1CCN(C(=O)c2c(F)cccc2Br)C1. The average molecular weight is 343 g/mol. The number of amides is 1. The molecule has 0 bridgehead atoms. The molecule has 110 valence electrons. The molecule has 1 fully saturated rings. The summed E-state index contributed by atoms with van der Waals surface area (Å²) < 4.78 is 14.4. The largest absolute Gasteiger partial charge is 0.337 e. The number of carbonyl (C=O) groups excluding carboxylic acids is 1. The van der Waals surface area contributed by atoms with Crippen molar-refractivity contribution in [3.05, 3.63) is 34.1 Å². The third-order valence-electron chi connectivity index (χ3n) is 3.96. The molecular weight excluding hydrogens is 323 g/mol. The Kier molecular flexibility index (Phi) is 5.16. The summed E-state index contributed by atoms with van der Waals surface area (Å²) in [5.74, 6) is -0.680. The standard InChI is InChI=1S/C15H20BrFN2O/c1-3-18(4-2)11-8-9-19(10-11)15(20)14-12(16)6-5-7-13(14)17/h5-7,11H,3-4,8-10H2,1-2H3. The monoisotopic (exact) mass is 342 g/mol. The zero-order chi connectivity index (χ0) is 14.7. The van der Waals surface area contributed by atoms with E-state index in [9.17, 15) is 9.18 Å². The molecule has 0 saturated carbocycles. The topological polar surface area (TPSA) is 23.6 Å². The third kappa shape index (κ3) is 3.04. The lowest BCUT2D eigenvalue weighted by molar-refractivity contribution is 0.0772. The van der Waals surface area contributed by atoms with Gasteiger partial charge in [-0.2, -0.15) is 0 Å². The van der Waals surface area contributed by atoms with Crippen molar-refractivity contribution in [1.82, 2.24) is 9.80 Å². The summed E-state index contributed by atoms with van der Waals surface area (Å²) in [7, 11) is 0. The van der Waals surface area contributed by atoms with Gasteiger partial charge in [0.2, 0.25) is 0 Å². The molecule has 1 amide bonds. The predicted octanol–water partition coefficient (Wildman–Crippen LogP) is 3.14. The van der Waals surface area contributed by atoms with Crippen molar-refractivity contribution in [2.75, 3.05) is 26.2 Å². The van der Waals surface area contributed by atoms with Crippen molar-refractivity contribution in [3.8, 4) is 0 Å². The van der Waals surface area contributed by atoms with Gasteiger partial charge < -0.3 is 4.90 Å². The zero-order valence-electron chi connectivity index (χ0n) is 11.9. The third-order valence-corrected chi connectivity index (χ3v) is 4.62. The van der Waals surface area contributed by atoms with Crippen LogP contribution >= 0.6 is 15.9 Å². The van der Waals surface area contributed by atoms with Crippen molar-refractivity contribution in [2.24, 2.45) is 0 Å². The number of likely N-dealkylation sites (tertiary alicyclic amines) is 1. The molecule has 1 heterocycles. The lowest BCUT2D eigenvalue weighted by Crippen LogP contribution is -2.38. The van der Waals surface area contributed by atoms with Crippen LogP contribution in [0.4, 0.5) is 4.39 Å². The van der Waals surface area contributed by atoms with Gasteiger partial charge in [0, 0.05) is 23.6 Å². The van der Waals surface area contributed by atoms with E-state index in [1.54, 1.807) is 17.0 Å². The predicted molar refractivity (Wildman–Crippen MR) is 81.3 cm³/mol. The first-order valence-corrected chi connectivity index (χ1v) is 7.85. The van der Waals surface area contributed by atoms with E-state index >= 15 is 0 Å². The molecule has 0 radical (unpaired) electrons. The molecule has 1 aromatic rings. The Labute approximate surface area is 127 Å². The number of rotatable bonds is 4. The molecule has 0 N–H and O–H groups in total. The van der Waals surface area contributed by atoms with E-state index in [2.05, 4.69) is 34.7 Å². The first-order valence-electron chi connectivity index (χ1n) is 7.05. The quantitative estimate of drug-likeness (QED) is 0.839. The number of nitrogens with zero attached hydrogens (tertiary/aromatic N) is 2. The summed E-state index contributed by atoms with van der Waals surface area (Å²) in [5, 5.41) is 0. The van der Waals surface area contributed by atoms with Crippen molar-refractivity contribution in [1.29, 1.82) is 0 Å². The lowest BCUT2D eigenvalue weighted by atomic mass is 10.2. The van der Waals surface area contributed by atoms with E-state index in [0.717, 1.165) is 19.5 Å². The molecule has 1 aromatic carbocycles. The molecule has 3 nitrogen and oxygen atoms in total. The van der Waals surface area contributed by atoms with Crippen molar-refractivity contribution < 1.29 is 9.18 Å². The Hall–Kier alpha value is -0.940. The van der Waals surface area contributed by atoms with Gasteiger partial charge in [0.25, 0.3) is 5.91 Å². The maximum atomic E-state index is 13.9. The average Bonchev–Trinajstić information content (AvgIpc) is 2.89. The van der Waals surface area contributed by atoms with Gasteiger partial charge in [-0.15, -0.1) is 0 Å². The normalized spacial score (nSPS) is 18.9. The van der Waals surface area contributed by atoms with Gasteiger partial charge in [0.15, 0.2) is 0 Å². The van der Waals surface area contributed by atoms with E-state index in [1.807, 2.05) is 0 Å². The maximum absolute atomic E-state index is 13.9. The van der Waals surface area contributed by atoms with Crippen LogP contribution in [0.5, 0.6) is 0 Å². The number of halogens is 2. The first-order chi connectivity index (χ1) is 9.58. The molecule has 0 spiro atoms. The van der Waals surface area contributed by atoms with Crippen LogP contribution < -0.4 is 0 Å². The van der Waals surface area contributed by atoms with Gasteiger partial charge in [-0.1, -0.05) is 19.9 Å². The van der Waals surface area contributed by atoms with Crippen LogP contribution in [0.25, 0.3) is 0 Å². The zero-order valence-corrected chi connectivity index (χ0v) is 13.5. The molecule has 2 rings (SSSR count). The van der Waals surface area contributed by atoms with E-state index < -0.39 is 5.82 Å². The van der Waals surface area contributed by atoms with Crippen molar-refractivity contribution >= 4 is 21.8 Å². The second kappa shape index (κ2) is 6.68. The fourth-order valence-corrected chi connectivity index (χ4v) is 3.34. The fraction of sp³-hybridized carbons (Fsp3) is 0.533. The summed E-state index contributed by atoms with van der Waals surface area (Å²) in [4.78, 5) is 16.6. The van der Waals surface area contributed by atoms with Gasteiger partial charge in [-0.3, -0.25) is 9.69 Å². The number of benzene rings is 1. The highest BCUT2D eigenvalue weighted by Gasteiger charge is 2.31. The number of carbonyl (C=O) groups is 1. The van der Waals surface area contributed by atoms with Crippen LogP contribution in [-0.2, 0) is 0 Å². The van der Waals surface area contributed by atoms with Gasteiger partial charge in [-0.25, -0.2) is 4.39 Å². The van der Waals surface area contributed by atoms with Crippen LogP contribution in [0, 0.1) is 5.82 Å². The second-order valence-electron chi connectivity index (χ2n) is 5.01. The molecule has 5 heteroatoms. The van der Waals surface area contributed by atoms with Crippen LogP contribution in [0.2, 0.25) is 0 Å². The number of hydrogen-bond acceptors (Lipinski definition) is 2. The second-order valence-corrected chi connectivity index (χ2v) is 5.87. The van der Waals surface area contributed by atoms with Crippen molar-refractivity contribution in [3.63, 3.8) is 0 Å². The molecular formula is C15H20BrFN2O. The maximum Gasteiger partial charge on any atom is 0.258 e. The first kappa shape index (κ1) is 15.4. The van der Waals surface area contributed by atoms with Crippen LogP contribution in [-0.4, -0.2) is 47.9 Å². The molecule has 1 aliphatic heterocycles. The fourth-order valence-electron chi connectivity index (χ4n) is 2.82. The highest BCUT2D eigenvalue weighted by atomic mass is 79.9. The van der Waals surface area contributed by atoms with E-state index in [-0.39, 0.29) is 11.5 Å². The molecule has 1 atom stereocenters. The summed E-state index contributed by atoms with van der Waals surface area (Å²) in [5.41, 5.74) is 0.146. The molecule has 1 saturated heterocycles. The Balaban J connectivity index is 2.12. The molecule has 1 unspecified atom stereocenters. The lowest BCUT2D eigenvalue weighted by Gasteiger charge is -2.26. The smallest absolute Gasteiger partial charge is 0.258 e. The summed E-state index contributed by atoms with van der Waals surface area (Å²) >= 11 is 3.27. The summed E-state index contributed by atoms with van der Waals surface area (Å²) in [6.45, 7) is 7.59. The van der Waals surface area contributed by atoms with Crippen LogP contribution in [0.15, 0.2) is 22.7 Å². The Bertz CT molecular complexity index is 471. The Morgan fingerprint density at radius 2 is 2.15 bits per heavy atom. The minimum Gasteiger partial charge on any atom is -0.337 e. The number of hydrogen-bond donors (Lipinski definition) is 0. The highest BCUT2D eigenvalue weighted by Crippen LogP contribution is 2.24. The van der Waals surface area contributed by atoms with E-state index in [4.69, 9.17) is 0 Å². The Morgan fingerprint density at radius 1 is 1.45 bits per heavy atom. The summed E-state index contributed by atoms with van der Waals surface area (Å²) in [6.07, 6.45) is 0.958. The van der Waals surface area contributed by atoms with Gasteiger partial charge in [0.05, 0.1) is 5.56 Å². The Morgan fingerprint density at radius 3 is 2.75 bits per heavy atom. The minimum atomic E-state index is -0.462. The minimum absolute atomic E-state index is 0.146. The van der Waals surface area contributed by atoms with Gasteiger partial charge in [-0.05, 0) is 47.6 Å². The van der Waals surface area contributed by atoms with Crippen molar-refractivity contribution in [2.45, 2.75) is 26.3 Å². The molecule has 0 aliphatic carbocycles. The summed E-state index contributed by atoms with van der Waals surface area (Å²) in [6, 6.07) is 5.02. The van der Waals surface area contributed by atoms with E-state index in [0.29, 0.717) is 23.6 Å². The molecule has 20 heavy (non-hydrogen) atoms. The van der Waals surface area contributed by atoms with Gasteiger partial charge in [0.1, 0.15) is 5.82 Å². The van der Waals surface area contributed by atoms with E-state index in [1.165, 1.54) is 6.07 Å². The van der Waals surface area contributed by atoms with Gasteiger partial charge >= 0.3 is 0 Å². The van der Waals surface area contributed by atoms with Crippen LogP contribution in [0.3, 0.4) is 0 Å². The molecule has 1 aliphatic rings. The number of likely N-dealkylation sites (N-methyl/N-ethyl adjacent to an activating group) is 1. The van der Waals surface area contributed by atoms with Crippen LogP contribution in [0.1, 0.15) is 30.6 Å². The molecule has 0 aromatic heterocycles.